The highest BCUT2D eigenvalue weighted by Crippen LogP contribution is 2.13. The lowest BCUT2D eigenvalue weighted by Gasteiger charge is -2.16. The number of nitrogens with two attached hydrogens (primary N) is 1. The van der Waals surface area contributed by atoms with Gasteiger partial charge in [0.05, 0.1) is 5.56 Å². The summed E-state index contributed by atoms with van der Waals surface area (Å²) >= 11 is 3.29. The SMILES string of the molecule is NC(=O)[C@@H](Cc1ccc(Br)cc1)NC(=O)c1ccc(F)cc1F. The molecule has 2 aromatic rings. The van der Waals surface area contributed by atoms with Gasteiger partial charge in [-0.2, -0.15) is 0 Å². The Morgan fingerprint density at radius 3 is 2.35 bits per heavy atom. The molecule has 2 amide bonds. The predicted octanol–water partition coefficient (Wildman–Crippen LogP) is 2.55. The van der Waals surface area contributed by atoms with Crippen LogP contribution in [0.15, 0.2) is 46.9 Å². The number of nitrogens with one attached hydrogen (secondary N) is 1. The van der Waals surface area contributed by atoms with Gasteiger partial charge in [-0.3, -0.25) is 9.59 Å². The monoisotopic (exact) mass is 382 g/mol. The lowest BCUT2D eigenvalue weighted by molar-refractivity contribution is -0.119. The Labute approximate surface area is 139 Å². The predicted molar refractivity (Wildman–Crippen MR) is 84.7 cm³/mol. The van der Waals surface area contributed by atoms with Crippen LogP contribution in [0.25, 0.3) is 0 Å². The molecule has 4 nitrogen and oxygen atoms in total. The van der Waals surface area contributed by atoms with Crippen LogP contribution in [0, 0.1) is 11.6 Å². The third-order valence-electron chi connectivity index (χ3n) is 3.18. The molecule has 0 aromatic heterocycles. The Morgan fingerprint density at radius 1 is 1.13 bits per heavy atom. The molecule has 7 heteroatoms. The van der Waals surface area contributed by atoms with E-state index < -0.39 is 29.5 Å². The zero-order valence-electron chi connectivity index (χ0n) is 11.9. The van der Waals surface area contributed by atoms with E-state index in [0.717, 1.165) is 22.2 Å². The maximum absolute atomic E-state index is 13.6. The molecule has 0 saturated carbocycles. The Balaban J connectivity index is 2.14. The van der Waals surface area contributed by atoms with Crippen LogP contribution in [0.3, 0.4) is 0 Å². The van der Waals surface area contributed by atoms with Gasteiger partial charge in [0.25, 0.3) is 5.91 Å². The highest BCUT2D eigenvalue weighted by Gasteiger charge is 2.21. The quantitative estimate of drug-likeness (QED) is 0.833. The molecule has 23 heavy (non-hydrogen) atoms. The molecule has 0 bridgehead atoms. The van der Waals surface area contributed by atoms with Gasteiger partial charge in [0.15, 0.2) is 0 Å². The van der Waals surface area contributed by atoms with E-state index in [0.29, 0.717) is 6.07 Å². The van der Waals surface area contributed by atoms with Crippen LogP contribution in [0.4, 0.5) is 8.78 Å². The van der Waals surface area contributed by atoms with Crippen molar-refractivity contribution >= 4 is 27.7 Å². The standard InChI is InChI=1S/C16H13BrF2N2O2/c17-10-3-1-9(2-4-10)7-14(15(20)22)21-16(23)12-6-5-11(18)8-13(12)19/h1-6,8,14H,7H2,(H2,20,22)(H,21,23)/t14-/m1/s1. The van der Waals surface area contributed by atoms with Gasteiger partial charge >= 0.3 is 0 Å². The molecular formula is C16H13BrF2N2O2. The molecule has 0 spiro atoms. The fraction of sp³-hybridized carbons (Fsp3) is 0.125. The zero-order chi connectivity index (χ0) is 17.0. The Hall–Kier alpha value is -2.28. The van der Waals surface area contributed by atoms with Gasteiger partial charge in [-0.25, -0.2) is 8.78 Å². The summed E-state index contributed by atoms with van der Waals surface area (Å²) < 4.78 is 27.3. The summed E-state index contributed by atoms with van der Waals surface area (Å²) in [6.07, 6.45) is 0.164. The van der Waals surface area contributed by atoms with Crippen molar-refractivity contribution < 1.29 is 18.4 Å². The molecule has 2 aromatic carbocycles. The molecule has 3 N–H and O–H groups in total. The van der Waals surface area contributed by atoms with Crippen LogP contribution in [0.5, 0.6) is 0 Å². The third-order valence-corrected chi connectivity index (χ3v) is 3.71. The van der Waals surface area contributed by atoms with Crippen LogP contribution in [-0.4, -0.2) is 17.9 Å². The fourth-order valence-electron chi connectivity index (χ4n) is 1.99. The first-order valence-corrected chi connectivity index (χ1v) is 7.46. The topological polar surface area (TPSA) is 72.2 Å². The summed E-state index contributed by atoms with van der Waals surface area (Å²) in [6.45, 7) is 0. The average Bonchev–Trinajstić information content (AvgIpc) is 2.48. The van der Waals surface area contributed by atoms with Gasteiger partial charge in [0, 0.05) is 17.0 Å². The third kappa shape index (κ3) is 4.59. The Bertz CT molecular complexity index is 735. The van der Waals surface area contributed by atoms with Crippen LogP contribution in [-0.2, 0) is 11.2 Å². The van der Waals surface area contributed by atoms with Crippen molar-refractivity contribution in [3.8, 4) is 0 Å². The smallest absolute Gasteiger partial charge is 0.254 e. The van der Waals surface area contributed by atoms with Gasteiger partial charge < -0.3 is 11.1 Å². The van der Waals surface area contributed by atoms with Gasteiger partial charge in [0.2, 0.25) is 5.91 Å². The highest BCUT2D eigenvalue weighted by molar-refractivity contribution is 9.10. The minimum Gasteiger partial charge on any atom is -0.368 e. The van der Waals surface area contributed by atoms with E-state index in [9.17, 15) is 18.4 Å². The zero-order valence-corrected chi connectivity index (χ0v) is 13.4. The summed E-state index contributed by atoms with van der Waals surface area (Å²) in [5.74, 6) is -3.37. The van der Waals surface area contributed by atoms with Crippen molar-refractivity contribution in [3.05, 3.63) is 69.7 Å². The number of hydrogen-bond donors (Lipinski definition) is 2. The summed E-state index contributed by atoms with van der Waals surface area (Å²) in [4.78, 5) is 23.6. The molecule has 0 saturated heterocycles. The second-order valence-corrected chi connectivity index (χ2v) is 5.80. The van der Waals surface area contributed by atoms with E-state index in [1.54, 1.807) is 24.3 Å². The van der Waals surface area contributed by atoms with Crippen LogP contribution < -0.4 is 11.1 Å². The second kappa shape index (κ2) is 7.32. The minimum atomic E-state index is -1.01. The molecule has 0 aliphatic carbocycles. The van der Waals surface area contributed by atoms with Crippen LogP contribution in [0.2, 0.25) is 0 Å². The van der Waals surface area contributed by atoms with Crippen LogP contribution in [0.1, 0.15) is 15.9 Å². The molecule has 1 atom stereocenters. The van der Waals surface area contributed by atoms with Crippen molar-refractivity contribution in [2.45, 2.75) is 12.5 Å². The number of primary amides is 1. The number of hydrogen-bond acceptors (Lipinski definition) is 2. The molecule has 0 aliphatic rings. The number of halogens is 3. The summed E-state index contributed by atoms with van der Waals surface area (Å²) in [6, 6.07) is 8.68. The fourth-order valence-corrected chi connectivity index (χ4v) is 2.25. The number of benzene rings is 2. The van der Waals surface area contributed by atoms with Crippen LogP contribution >= 0.6 is 15.9 Å². The maximum atomic E-state index is 13.6. The first kappa shape index (κ1) is 17.1. The number of amides is 2. The number of carbonyl (C=O) groups is 2. The lowest BCUT2D eigenvalue weighted by Crippen LogP contribution is -2.46. The lowest BCUT2D eigenvalue weighted by atomic mass is 10.0. The van der Waals surface area contributed by atoms with E-state index in [-0.39, 0.29) is 12.0 Å². The summed E-state index contributed by atoms with van der Waals surface area (Å²) in [5.41, 5.74) is 5.71. The van der Waals surface area contributed by atoms with Gasteiger partial charge in [0.1, 0.15) is 17.7 Å². The first-order valence-electron chi connectivity index (χ1n) is 6.66. The molecule has 2 rings (SSSR count). The Kier molecular flexibility index (Phi) is 5.44. The van der Waals surface area contributed by atoms with E-state index in [2.05, 4.69) is 21.2 Å². The van der Waals surface area contributed by atoms with E-state index >= 15 is 0 Å². The molecule has 0 heterocycles. The molecule has 0 unspecified atom stereocenters. The van der Waals surface area contributed by atoms with Gasteiger partial charge in [-0.15, -0.1) is 0 Å². The molecular weight excluding hydrogens is 370 g/mol. The maximum Gasteiger partial charge on any atom is 0.254 e. The van der Waals surface area contributed by atoms with Crippen molar-refractivity contribution in [1.29, 1.82) is 0 Å². The van der Waals surface area contributed by atoms with E-state index in [1.807, 2.05) is 0 Å². The second-order valence-electron chi connectivity index (χ2n) is 4.88. The average molecular weight is 383 g/mol. The minimum absolute atomic E-state index is 0.164. The van der Waals surface area contributed by atoms with Gasteiger partial charge in [-0.1, -0.05) is 28.1 Å². The molecule has 0 aliphatic heterocycles. The normalized spacial score (nSPS) is 11.8. The highest BCUT2D eigenvalue weighted by atomic mass is 79.9. The molecule has 120 valence electrons. The molecule has 0 radical (unpaired) electrons. The number of rotatable bonds is 5. The Morgan fingerprint density at radius 2 is 1.78 bits per heavy atom. The van der Waals surface area contributed by atoms with Crippen molar-refractivity contribution in [2.75, 3.05) is 0 Å². The molecule has 0 fully saturated rings. The summed E-state index contributed by atoms with van der Waals surface area (Å²) in [7, 11) is 0. The first-order chi connectivity index (χ1) is 10.9. The summed E-state index contributed by atoms with van der Waals surface area (Å²) in [5, 5.41) is 2.37. The van der Waals surface area contributed by atoms with Gasteiger partial charge in [-0.05, 0) is 29.8 Å². The largest absolute Gasteiger partial charge is 0.368 e. The van der Waals surface area contributed by atoms with E-state index in [1.165, 1.54) is 0 Å². The van der Waals surface area contributed by atoms with E-state index in [4.69, 9.17) is 5.73 Å². The number of carbonyl (C=O) groups excluding carboxylic acids is 2. The van der Waals surface area contributed by atoms with Crippen molar-refractivity contribution in [3.63, 3.8) is 0 Å². The van der Waals surface area contributed by atoms with Crippen molar-refractivity contribution in [2.24, 2.45) is 5.73 Å². The van der Waals surface area contributed by atoms with Crippen molar-refractivity contribution in [1.82, 2.24) is 5.32 Å².